The minimum Gasteiger partial charge on any atom is -0.478 e. The van der Waals surface area contributed by atoms with Crippen molar-refractivity contribution in [1.29, 1.82) is 0 Å². The van der Waals surface area contributed by atoms with Crippen molar-refractivity contribution in [1.82, 2.24) is 0 Å². The number of benzene rings is 2. The second-order valence-corrected chi connectivity index (χ2v) is 5.03. The van der Waals surface area contributed by atoms with Gasteiger partial charge < -0.3 is 5.11 Å². The van der Waals surface area contributed by atoms with Crippen molar-refractivity contribution in [3.63, 3.8) is 0 Å². The summed E-state index contributed by atoms with van der Waals surface area (Å²) in [7, 11) is 0. The summed E-state index contributed by atoms with van der Waals surface area (Å²) in [6.07, 6.45) is 0. The molecule has 0 spiro atoms. The third-order valence-electron chi connectivity index (χ3n) is 2.64. The number of carboxylic acids is 1. The summed E-state index contributed by atoms with van der Waals surface area (Å²) in [6.45, 7) is 0. The molecule has 0 unspecified atom stereocenters. The van der Waals surface area contributed by atoms with E-state index in [1.807, 2.05) is 30.3 Å². The first-order valence-corrected chi connectivity index (χ1v) is 6.75. The maximum absolute atomic E-state index is 11.1. The van der Waals surface area contributed by atoms with Gasteiger partial charge in [0.25, 0.3) is 5.69 Å². The van der Waals surface area contributed by atoms with E-state index in [1.54, 1.807) is 0 Å². The van der Waals surface area contributed by atoms with Crippen molar-refractivity contribution in [2.24, 2.45) is 0 Å². The number of rotatable bonds is 5. The van der Waals surface area contributed by atoms with Gasteiger partial charge in [0.15, 0.2) is 0 Å². The molecule has 102 valence electrons. The number of aromatic carboxylic acids is 1. The standard InChI is InChI=1S/C14H11NO4S/c16-14(17)12-7-6-11(15(18)19)8-13(12)20-9-10-4-2-1-3-5-10/h1-8H,9H2,(H,16,17). The number of carboxylic acid groups (broad SMARTS) is 1. The number of hydrogen-bond acceptors (Lipinski definition) is 4. The van der Waals surface area contributed by atoms with Gasteiger partial charge in [-0.05, 0) is 11.6 Å². The highest BCUT2D eigenvalue weighted by molar-refractivity contribution is 7.98. The minimum absolute atomic E-state index is 0.0801. The Bertz CT molecular complexity index is 643. The number of hydrogen-bond donors (Lipinski definition) is 1. The van der Waals surface area contributed by atoms with Gasteiger partial charge in [-0.15, -0.1) is 11.8 Å². The molecule has 2 rings (SSSR count). The molecule has 1 N–H and O–H groups in total. The van der Waals surface area contributed by atoms with Crippen LogP contribution in [0.1, 0.15) is 15.9 Å². The van der Waals surface area contributed by atoms with Crippen LogP contribution in [-0.2, 0) is 5.75 Å². The van der Waals surface area contributed by atoms with Crippen molar-refractivity contribution in [2.45, 2.75) is 10.6 Å². The number of thioether (sulfide) groups is 1. The van der Waals surface area contributed by atoms with Crippen LogP contribution in [0.25, 0.3) is 0 Å². The molecule has 2 aromatic carbocycles. The molecule has 0 bridgehead atoms. The summed E-state index contributed by atoms with van der Waals surface area (Å²) in [6, 6.07) is 13.3. The van der Waals surface area contributed by atoms with E-state index in [0.717, 1.165) is 5.56 Å². The van der Waals surface area contributed by atoms with Gasteiger partial charge in [0.05, 0.1) is 10.5 Å². The summed E-state index contributed by atoms with van der Waals surface area (Å²) >= 11 is 1.27. The molecule has 0 saturated heterocycles. The quantitative estimate of drug-likeness (QED) is 0.517. The zero-order chi connectivity index (χ0) is 14.5. The Balaban J connectivity index is 2.26. The molecule has 0 aromatic heterocycles. The fraction of sp³-hybridized carbons (Fsp3) is 0.0714. The fourth-order valence-electron chi connectivity index (χ4n) is 1.66. The van der Waals surface area contributed by atoms with Gasteiger partial charge >= 0.3 is 5.97 Å². The molecular weight excluding hydrogens is 278 g/mol. The Morgan fingerprint density at radius 1 is 1.20 bits per heavy atom. The van der Waals surface area contributed by atoms with Gasteiger partial charge in [-0.3, -0.25) is 10.1 Å². The Morgan fingerprint density at radius 3 is 2.50 bits per heavy atom. The van der Waals surface area contributed by atoms with Crippen molar-refractivity contribution in [3.8, 4) is 0 Å². The van der Waals surface area contributed by atoms with Crippen LogP contribution in [0.4, 0.5) is 5.69 Å². The Labute approximate surface area is 119 Å². The molecule has 0 saturated carbocycles. The van der Waals surface area contributed by atoms with Crippen LogP contribution in [0.15, 0.2) is 53.4 Å². The highest BCUT2D eigenvalue weighted by Gasteiger charge is 2.15. The van der Waals surface area contributed by atoms with Crippen molar-refractivity contribution < 1.29 is 14.8 Å². The van der Waals surface area contributed by atoms with Crippen LogP contribution >= 0.6 is 11.8 Å². The van der Waals surface area contributed by atoms with Crippen LogP contribution < -0.4 is 0 Å². The first-order valence-electron chi connectivity index (χ1n) is 5.76. The maximum Gasteiger partial charge on any atom is 0.336 e. The first kappa shape index (κ1) is 14.1. The predicted octanol–water partition coefficient (Wildman–Crippen LogP) is 3.59. The predicted molar refractivity (Wildman–Crippen MR) is 76.1 cm³/mol. The van der Waals surface area contributed by atoms with E-state index >= 15 is 0 Å². The first-order chi connectivity index (χ1) is 9.58. The van der Waals surface area contributed by atoms with E-state index in [2.05, 4.69) is 0 Å². The molecule has 20 heavy (non-hydrogen) atoms. The van der Waals surface area contributed by atoms with Crippen LogP contribution in [0.2, 0.25) is 0 Å². The van der Waals surface area contributed by atoms with E-state index in [4.69, 9.17) is 5.11 Å². The molecule has 0 fully saturated rings. The van der Waals surface area contributed by atoms with Crippen LogP contribution in [0.3, 0.4) is 0 Å². The number of non-ortho nitro benzene ring substituents is 1. The average Bonchev–Trinajstić information content (AvgIpc) is 2.45. The monoisotopic (exact) mass is 289 g/mol. The van der Waals surface area contributed by atoms with Gasteiger partial charge in [0.1, 0.15) is 0 Å². The fourth-order valence-corrected chi connectivity index (χ4v) is 2.69. The molecule has 2 aromatic rings. The minimum atomic E-state index is -1.09. The summed E-state index contributed by atoms with van der Waals surface area (Å²) < 4.78 is 0. The lowest BCUT2D eigenvalue weighted by atomic mass is 10.2. The highest BCUT2D eigenvalue weighted by Crippen LogP contribution is 2.29. The van der Waals surface area contributed by atoms with Crippen molar-refractivity contribution in [3.05, 3.63) is 69.8 Å². The number of nitro groups is 1. The molecule has 0 amide bonds. The zero-order valence-corrected chi connectivity index (χ0v) is 11.2. The topological polar surface area (TPSA) is 80.4 Å². The average molecular weight is 289 g/mol. The van der Waals surface area contributed by atoms with E-state index in [1.165, 1.54) is 30.0 Å². The molecule has 0 atom stereocenters. The number of nitrogens with zero attached hydrogens (tertiary/aromatic N) is 1. The summed E-state index contributed by atoms with van der Waals surface area (Å²) in [4.78, 5) is 21.8. The molecule has 6 heteroatoms. The number of carbonyl (C=O) groups is 1. The molecule has 0 aliphatic carbocycles. The molecule has 0 heterocycles. The van der Waals surface area contributed by atoms with E-state index in [0.29, 0.717) is 10.6 Å². The normalized spacial score (nSPS) is 10.2. The van der Waals surface area contributed by atoms with Gasteiger partial charge in [-0.1, -0.05) is 30.3 Å². The SMILES string of the molecule is O=C(O)c1ccc([N+](=O)[O-])cc1SCc1ccccc1. The molecule has 0 aliphatic rings. The Kier molecular flexibility index (Phi) is 4.37. The van der Waals surface area contributed by atoms with Gasteiger partial charge in [-0.25, -0.2) is 4.79 Å². The summed E-state index contributed by atoms with van der Waals surface area (Å²) in [5.41, 5.74) is 1.00. The number of nitro benzene ring substituents is 1. The van der Waals surface area contributed by atoms with Crippen molar-refractivity contribution in [2.75, 3.05) is 0 Å². The van der Waals surface area contributed by atoms with Crippen LogP contribution in [-0.4, -0.2) is 16.0 Å². The third kappa shape index (κ3) is 3.36. The maximum atomic E-state index is 11.1. The third-order valence-corrected chi connectivity index (χ3v) is 3.77. The van der Waals surface area contributed by atoms with Crippen molar-refractivity contribution >= 4 is 23.4 Å². The Hall–Kier alpha value is -2.34. The molecule has 5 nitrogen and oxygen atoms in total. The lowest BCUT2D eigenvalue weighted by molar-refractivity contribution is -0.385. The van der Waals surface area contributed by atoms with Gasteiger partial charge in [0.2, 0.25) is 0 Å². The highest BCUT2D eigenvalue weighted by atomic mass is 32.2. The Morgan fingerprint density at radius 2 is 1.90 bits per heavy atom. The van der Waals surface area contributed by atoms with Crippen LogP contribution in [0.5, 0.6) is 0 Å². The second-order valence-electron chi connectivity index (χ2n) is 4.02. The smallest absolute Gasteiger partial charge is 0.336 e. The van der Waals surface area contributed by atoms with Crippen LogP contribution in [0, 0.1) is 10.1 Å². The summed E-state index contributed by atoms with van der Waals surface area (Å²) in [5, 5.41) is 19.9. The molecular formula is C14H11NO4S. The van der Waals surface area contributed by atoms with E-state index < -0.39 is 10.9 Å². The molecule has 0 radical (unpaired) electrons. The lowest BCUT2D eigenvalue weighted by Crippen LogP contribution is -2.00. The lowest BCUT2D eigenvalue weighted by Gasteiger charge is -2.06. The second kappa shape index (κ2) is 6.21. The zero-order valence-electron chi connectivity index (χ0n) is 10.4. The van der Waals surface area contributed by atoms with Gasteiger partial charge in [-0.2, -0.15) is 0 Å². The van der Waals surface area contributed by atoms with Gasteiger partial charge in [0, 0.05) is 22.8 Å². The molecule has 0 aliphatic heterocycles. The van der Waals surface area contributed by atoms with E-state index in [-0.39, 0.29) is 11.3 Å². The largest absolute Gasteiger partial charge is 0.478 e. The van der Waals surface area contributed by atoms with E-state index in [9.17, 15) is 14.9 Å². The summed E-state index contributed by atoms with van der Waals surface area (Å²) in [5.74, 6) is -0.530.